The van der Waals surface area contributed by atoms with Crippen molar-refractivity contribution in [1.29, 1.82) is 0 Å². The number of alkyl carbamates (subject to hydrolysis) is 1. The summed E-state index contributed by atoms with van der Waals surface area (Å²) in [5.74, 6) is -0.537. The van der Waals surface area contributed by atoms with E-state index >= 15 is 0 Å². The average Bonchev–Trinajstić information content (AvgIpc) is 3.34. The largest absolute Gasteiger partial charge is 0.467 e. The summed E-state index contributed by atoms with van der Waals surface area (Å²) in [6, 6.07) is 30.0. The maximum atomic E-state index is 12.2. The van der Waals surface area contributed by atoms with Crippen LogP contribution in [-0.2, 0) is 14.3 Å². The number of carbonyl (C=O) groups is 2. The van der Waals surface area contributed by atoms with Gasteiger partial charge in [-0.1, -0.05) is 84.9 Å². The Morgan fingerprint density at radius 3 is 2.32 bits per heavy atom. The normalized spacial score (nSPS) is 12.5. The summed E-state index contributed by atoms with van der Waals surface area (Å²) < 4.78 is 16.4. The van der Waals surface area contributed by atoms with Crippen molar-refractivity contribution in [3.05, 3.63) is 103 Å². The first kappa shape index (κ1) is 27.7. The number of methoxy groups -OCH3 is 1. The topological polar surface area (TPSA) is 77.8 Å². The fourth-order valence-corrected chi connectivity index (χ4v) is 4.81. The lowest BCUT2D eigenvalue weighted by molar-refractivity contribution is -0.143. The molecule has 5 rings (SSSR count). The third kappa shape index (κ3) is 6.49. The number of fused-ring (bicyclic) bond motifs is 3. The molecular formula is C35H33NO5. The molecule has 0 aliphatic heterocycles. The highest BCUT2D eigenvalue weighted by Gasteiger charge is 2.24. The molecule has 0 bridgehead atoms. The van der Waals surface area contributed by atoms with Crippen LogP contribution in [0.4, 0.5) is 4.79 Å². The van der Waals surface area contributed by atoms with E-state index in [0.29, 0.717) is 0 Å². The van der Waals surface area contributed by atoms with Gasteiger partial charge in [0.2, 0.25) is 0 Å². The fourth-order valence-electron chi connectivity index (χ4n) is 4.81. The van der Waals surface area contributed by atoms with Gasteiger partial charge < -0.3 is 19.2 Å². The van der Waals surface area contributed by atoms with Crippen molar-refractivity contribution in [3.63, 3.8) is 0 Å². The summed E-state index contributed by atoms with van der Waals surface area (Å²) in [6.45, 7) is 5.30. The predicted molar refractivity (Wildman–Crippen MR) is 163 cm³/mol. The van der Waals surface area contributed by atoms with Gasteiger partial charge in [-0.25, -0.2) is 9.59 Å². The Bertz CT molecular complexity index is 1740. The second kappa shape index (κ2) is 11.7. The van der Waals surface area contributed by atoms with Crippen molar-refractivity contribution in [2.24, 2.45) is 0 Å². The van der Waals surface area contributed by atoms with E-state index in [1.54, 1.807) is 20.8 Å². The number of ether oxygens (including phenoxy) is 2. The Labute approximate surface area is 239 Å². The molecule has 6 nitrogen and oxygen atoms in total. The van der Waals surface area contributed by atoms with E-state index in [1.807, 2.05) is 42.5 Å². The smallest absolute Gasteiger partial charge is 0.408 e. The lowest BCUT2D eigenvalue weighted by Gasteiger charge is -2.22. The molecule has 1 heterocycles. The summed E-state index contributed by atoms with van der Waals surface area (Å²) in [4.78, 5) is 24.4. The molecule has 0 aliphatic rings. The third-order valence-electron chi connectivity index (χ3n) is 6.66. The van der Waals surface area contributed by atoms with Crippen LogP contribution in [0.5, 0.6) is 0 Å². The first-order valence-electron chi connectivity index (χ1n) is 13.6. The molecule has 1 N–H and O–H groups in total. The zero-order valence-corrected chi connectivity index (χ0v) is 23.6. The predicted octanol–water partition coefficient (Wildman–Crippen LogP) is 8.39. The minimum Gasteiger partial charge on any atom is -0.467 e. The monoisotopic (exact) mass is 547 g/mol. The molecule has 1 aromatic heterocycles. The molecular weight excluding hydrogens is 514 g/mol. The van der Waals surface area contributed by atoms with Crippen LogP contribution < -0.4 is 5.32 Å². The zero-order valence-electron chi connectivity index (χ0n) is 23.6. The van der Waals surface area contributed by atoms with Crippen molar-refractivity contribution in [1.82, 2.24) is 5.32 Å². The van der Waals surface area contributed by atoms with Crippen molar-refractivity contribution in [2.45, 2.75) is 38.8 Å². The molecule has 0 saturated carbocycles. The highest BCUT2D eigenvalue weighted by Crippen LogP contribution is 2.36. The highest BCUT2D eigenvalue weighted by molar-refractivity contribution is 6.09. The third-order valence-corrected chi connectivity index (χ3v) is 6.66. The average molecular weight is 548 g/mol. The van der Waals surface area contributed by atoms with Crippen LogP contribution in [0.1, 0.15) is 32.8 Å². The zero-order chi connectivity index (χ0) is 29.0. The van der Waals surface area contributed by atoms with Gasteiger partial charge in [0, 0.05) is 16.3 Å². The summed E-state index contributed by atoms with van der Waals surface area (Å²) in [5, 5.41) is 4.80. The molecule has 1 atom stereocenters. The minimum atomic E-state index is -0.855. The molecule has 6 heteroatoms. The first-order valence-corrected chi connectivity index (χ1v) is 13.6. The Morgan fingerprint density at radius 2 is 1.54 bits per heavy atom. The Balaban J connectivity index is 1.36. The van der Waals surface area contributed by atoms with E-state index in [9.17, 15) is 9.59 Å². The van der Waals surface area contributed by atoms with Gasteiger partial charge in [-0.3, -0.25) is 0 Å². The molecule has 0 radical (unpaired) electrons. The van der Waals surface area contributed by atoms with Crippen LogP contribution in [-0.4, -0.2) is 30.8 Å². The molecule has 41 heavy (non-hydrogen) atoms. The Hall–Kier alpha value is -4.84. The molecule has 1 amide bonds. The molecule has 5 aromatic rings. The molecule has 0 unspecified atom stereocenters. The SMILES string of the molecule is COC(=O)[C@@H](C/C=C/c1cccc(-c2cccc(-c3cccc4c3oc3ccccc34)c2)c1)NC(=O)OC(C)(C)C. The molecule has 0 fully saturated rings. The van der Waals surface area contributed by atoms with Crippen molar-refractivity contribution < 1.29 is 23.5 Å². The van der Waals surface area contributed by atoms with Crippen molar-refractivity contribution >= 4 is 40.1 Å². The van der Waals surface area contributed by atoms with Gasteiger partial charge in [-0.05, 0) is 67.6 Å². The number of esters is 1. The highest BCUT2D eigenvalue weighted by atomic mass is 16.6. The number of furan rings is 1. The number of nitrogens with one attached hydrogen (secondary N) is 1. The minimum absolute atomic E-state index is 0.257. The molecule has 0 aliphatic carbocycles. The maximum Gasteiger partial charge on any atom is 0.408 e. The number of rotatable bonds is 7. The lowest BCUT2D eigenvalue weighted by Crippen LogP contribution is -2.43. The fraction of sp³-hybridized carbons (Fsp3) is 0.200. The van der Waals surface area contributed by atoms with Crippen LogP contribution >= 0.6 is 0 Å². The van der Waals surface area contributed by atoms with Gasteiger partial charge in [-0.2, -0.15) is 0 Å². The number of amides is 1. The Morgan fingerprint density at radius 1 is 0.854 bits per heavy atom. The van der Waals surface area contributed by atoms with Crippen LogP contribution in [0.2, 0.25) is 0 Å². The van der Waals surface area contributed by atoms with E-state index in [0.717, 1.165) is 49.8 Å². The maximum absolute atomic E-state index is 12.2. The number of hydrogen-bond donors (Lipinski definition) is 1. The van der Waals surface area contributed by atoms with Gasteiger partial charge >= 0.3 is 12.1 Å². The first-order chi connectivity index (χ1) is 19.7. The van der Waals surface area contributed by atoms with Crippen molar-refractivity contribution in [2.75, 3.05) is 7.11 Å². The van der Waals surface area contributed by atoms with Gasteiger partial charge in [0.25, 0.3) is 0 Å². The van der Waals surface area contributed by atoms with E-state index in [1.165, 1.54) is 7.11 Å². The van der Waals surface area contributed by atoms with Crippen LogP contribution in [0.15, 0.2) is 101 Å². The van der Waals surface area contributed by atoms with Crippen LogP contribution in [0.3, 0.4) is 0 Å². The number of hydrogen-bond acceptors (Lipinski definition) is 5. The summed E-state index contributed by atoms with van der Waals surface area (Å²) >= 11 is 0. The number of benzene rings is 4. The molecule has 0 spiro atoms. The van der Waals surface area contributed by atoms with Crippen molar-refractivity contribution in [3.8, 4) is 22.3 Å². The quantitative estimate of drug-likeness (QED) is 0.207. The molecule has 0 saturated heterocycles. The Kier molecular flexibility index (Phi) is 7.92. The number of carbonyl (C=O) groups excluding carboxylic acids is 2. The van der Waals surface area contributed by atoms with E-state index in [4.69, 9.17) is 13.9 Å². The van der Waals surface area contributed by atoms with Crippen LogP contribution in [0, 0.1) is 0 Å². The molecule has 208 valence electrons. The number of para-hydroxylation sites is 2. The second-order valence-corrected chi connectivity index (χ2v) is 10.8. The van der Waals surface area contributed by atoms with Gasteiger partial charge in [-0.15, -0.1) is 0 Å². The van der Waals surface area contributed by atoms with E-state index < -0.39 is 23.7 Å². The molecule has 4 aromatic carbocycles. The lowest BCUT2D eigenvalue weighted by atomic mass is 9.97. The van der Waals surface area contributed by atoms with Gasteiger partial charge in [0.1, 0.15) is 22.8 Å². The summed E-state index contributed by atoms with van der Waals surface area (Å²) in [6.07, 6.45) is 3.36. The summed E-state index contributed by atoms with van der Waals surface area (Å²) in [5.41, 5.74) is 6.30. The second-order valence-electron chi connectivity index (χ2n) is 10.8. The van der Waals surface area contributed by atoms with E-state index in [-0.39, 0.29) is 6.42 Å². The van der Waals surface area contributed by atoms with Gasteiger partial charge in [0.05, 0.1) is 7.11 Å². The standard InChI is InChI=1S/C35H33NO5/c1-35(2,3)41-34(38)36-30(33(37)39-4)19-8-12-23-11-7-13-24(21-23)25-14-9-15-26(22-25)27-17-10-18-29-28-16-5-6-20-31(28)40-32(27)29/h5-18,20-22,30H,19H2,1-4H3,(H,36,38)/b12-8+/t30-/m1/s1. The summed E-state index contributed by atoms with van der Waals surface area (Å²) in [7, 11) is 1.29. The van der Waals surface area contributed by atoms with Gasteiger partial charge in [0.15, 0.2) is 0 Å². The van der Waals surface area contributed by atoms with Crippen LogP contribution in [0.25, 0.3) is 50.3 Å². The van der Waals surface area contributed by atoms with E-state index in [2.05, 4.69) is 66.0 Å².